The van der Waals surface area contributed by atoms with Gasteiger partial charge in [-0.05, 0) is 77.0 Å². The summed E-state index contributed by atoms with van der Waals surface area (Å²) in [6.07, 6.45) is 1.61. The molecule has 0 spiro atoms. The summed E-state index contributed by atoms with van der Waals surface area (Å²) in [5, 5.41) is 0.358. The molecule has 0 bridgehead atoms. The molecule has 8 heteroatoms. The molecule has 0 amide bonds. The fourth-order valence-corrected chi connectivity index (χ4v) is 4.33. The summed E-state index contributed by atoms with van der Waals surface area (Å²) < 4.78 is 18.8. The van der Waals surface area contributed by atoms with Crippen molar-refractivity contribution in [2.45, 2.75) is 13.5 Å². The third-order valence-electron chi connectivity index (χ3n) is 4.92. The molecule has 1 aliphatic heterocycles. The number of ether oxygens (including phenoxy) is 3. The first kappa shape index (κ1) is 23.8. The number of esters is 1. The van der Waals surface area contributed by atoms with E-state index < -0.39 is 5.97 Å². The predicted octanol–water partition coefficient (Wildman–Crippen LogP) is 6.95. The van der Waals surface area contributed by atoms with E-state index in [-0.39, 0.29) is 11.6 Å². The Bertz CT molecular complexity index is 1310. The highest BCUT2D eigenvalue weighted by Crippen LogP contribution is 2.38. The van der Waals surface area contributed by atoms with Crippen molar-refractivity contribution in [3.05, 3.63) is 95.6 Å². The maximum atomic E-state index is 12.4. The number of carbonyl (C=O) groups is 1. The van der Waals surface area contributed by atoms with E-state index in [4.69, 9.17) is 25.8 Å². The summed E-state index contributed by atoms with van der Waals surface area (Å²) in [5.74, 6) is 0.620. The van der Waals surface area contributed by atoms with E-state index in [0.29, 0.717) is 28.7 Å². The van der Waals surface area contributed by atoms with Crippen LogP contribution in [0.2, 0.25) is 5.02 Å². The van der Waals surface area contributed by atoms with Gasteiger partial charge in [0.1, 0.15) is 6.61 Å². The zero-order chi connectivity index (χ0) is 23.5. The molecule has 1 aliphatic rings. The third-order valence-corrected chi connectivity index (χ3v) is 7.14. The molecule has 0 unspecified atom stereocenters. The van der Waals surface area contributed by atoms with Crippen molar-refractivity contribution in [2.24, 2.45) is 4.99 Å². The normalized spacial score (nSPS) is 14.3. The van der Waals surface area contributed by atoms with E-state index in [1.54, 1.807) is 18.2 Å². The minimum atomic E-state index is -0.523. The first-order chi connectivity index (χ1) is 15.9. The van der Waals surface area contributed by atoms with Gasteiger partial charge in [-0.25, -0.2) is 9.79 Å². The third kappa shape index (κ3) is 5.42. The second-order valence-electron chi connectivity index (χ2n) is 7.21. The van der Waals surface area contributed by atoms with Crippen LogP contribution in [0.15, 0.2) is 69.8 Å². The monoisotopic (exact) mass is 637 g/mol. The lowest BCUT2D eigenvalue weighted by Crippen LogP contribution is -2.05. The van der Waals surface area contributed by atoms with E-state index in [2.05, 4.69) is 43.5 Å². The van der Waals surface area contributed by atoms with Gasteiger partial charge in [-0.15, -0.1) is 0 Å². The SMILES string of the molecule is COc1cc(/C=C2\N=C(c3ccc(C)c(I)c3)OC2=O)cc(Cl)c1OCc1ccccc1Br. The highest BCUT2D eigenvalue weighted by Gasteiger charge is 2.25. The van der Waals surface area contributed by atoms with Crippen LogP contribution in [0.3, 0.4) is 0 Å². The second kappa shape index (κ2) is 10.3. The van der Waals surface area contributed by atoms with Crippen LogP contribution in [0.4, 0.5) is 0 Å². The Hall–Kier alpha value is -2.36. The van der Waals surface area contributed by atoms with Gasteiger partial charge in [0.25, 0.3) is 0 Å². The Balaban J connectivity index is 1.60. The van der Waals surface area contributed by atoms with Crippen LogP contribution in [-0.2, 0) is 16.1 Å². The molecule has 5 nitrogen and oxygen atoms in total. The number of rotatable bonds is 6. The predicted molar refractivity (Wildman–Crippen MR) is 141 cm³/mol. The standard InChI is InChI=1S/C25H18BrClINO4/c1-14-7-8-16(12-20(14)28)24-29-21(25(30)33-24)10-15-9-19(27)23(22(11-15)31-2)32-13-17-5-3-4-6-18(17)26/h3-12H,13H2,1-2H3/b21-10-. The second-order valence-corrected chi connectivity index (χ2v) is 9.64. The van der Waals surface area contributed by atoms with Gasteiger partial charge >= 0.3 is 5.97 Å². The van der Waals surface area contributed by atoms with Crippen molar-refractivity contribution in [3.8, 4) is 11.5 Å². The summed E-state index contributed by atoms with van der Waals surface area (Å²) in [6, 6.07) is 17.0. The maximum Gasteiger partial charge on any atom is 0.363 e. The number of aliphatic imine (C=N–C) groups is 1. The van der Waals surface area contributed by atoms with E-state index in [1.165, 1.54) is 7.11 Å². The highest BCUT2D eigenvalue weighted by molar-refractivity contribution is 14.1. The Morgan fingerprint density at radius 2 is 1.97 bits per heavy atom. The van der Waals surface area contributed by atoms with E-state index >= 15 is 0 Å². The summed E-state index contributed by atoms with van der Waals surface area (Å²) in [6.45, 7) is 2.33. The lowest BCUT2D eigenvalue weighted by Gasteiger charge is -2.14. The minimum Gasteiger partial charge on any atom is -0.493 e. The molecule has 0 fully saturated rings. The Labute approximate surface area is 218 Å². The molecule has 0 aromatic heterocycles. The van der Waals surface area contributed by atoms with Crippen LogP contribution in [0.25, 0.3) is 6.08 Å². The average Bonchev–Trinajstić information content (AvgIpc) is 3.15. The fraction of sp³-hybridized carbons (Fsp3) is 0.120. The number of benzene rings is 3. The van der Waals surface area contributed by atoms with Gasteiger partial charge in [0.2, 0.25) is 5.90 Å². The minimum absolute atomic E-state index is 0.181. The van der Waals surface area contributed by atoms with E-state index in [0.717, 1.165) is 24.7 Å². The van der Waals surface area contributed by atoms with Crippen molar-refractivity contribution in [1.29, 1.82) is 0 Å². The van der Waals surface area contributed by atoms with Crippen LogP contribution >= 0.6 is 50.1 Å². The number of carbonyl (C=O) groups excluding carboxylic acids is 1. The van der Waals surface area contributed by atoms with Crippen LogP contribution in [0.1, 0.15) is 22.3 Å². The smallest absolute Gasteiger partial charge is 0.363 e. The lowest BCUT2D eigenvalue weighted by atomic mass is 10.1. The van der Waals surface area contributed by atoms with Crippen LogP contribution in [-0.4, -0.2) is 19.0 Å². The molecule has 3 aromatic carbocycles. The fourth-order valence-electron chi connectivity index (χ4n) is 3.14. The summed E-state index contributed by atoms with van der Waals surface area (Å²) in [7, 11) is 1.53. The summed E-state index contributed by atoms with van der Waals surface area (Å²) in [5.41, 5.74) is 3.68. The number of methoxy groups -OCH3 is 1. The number of aryl methyl sites for hydroxylation is 1. The molecule has 4 rings (SSSR count). The molecule has 168 valence electrons. The molecular weight excluding hydrogens is 621 g/mol. The molecule has 1 heterocycles. The molecule has 0 atom stereocenters. The topological polar surface area (TPSA) is 57.1 Å². The van der Waals surface area contributed by atoms with Crippen molar-refractivity contribution in [2.75, 3.05) is 7.11 Å². The maximum absolute atomic E-state index is 12.4. The van der Waals surface area contributed by atoms with Crippen LogP contribution < -0.4 is 9.47 Å². The van der Waals surface area contributed by atoms with Gasteiger partial charge in [0.05, 0.1) is 12.1 Å². The van der Waals surface area contributed by atoms with Crippen molar-refractivity contribution in [3.63, 3.8) is 0 Å². The van der Waals surface area contributed by atoms with Gasteiger partial charge in [0, 0.05) is 19.2 Å². The first-order valence-electron chi connectivity index (χ1n) is 9.88. The Kier molecular flexibility index (Phi) is 7.41. The van der Waals surface area contributed by atoms with E-state index in [1.807, 2.05) is 49.4 Å². The molecule has 0 aliphatic carbocycles. The lowest BCUT2D eigenvalue weighted by molar-refractivity contribution is -0.129. The Morgan fingerprint density at radius 3 is 2.70 bits per heavy atom. The Morgan fingerprint density at radius 1 is 1.18 bits per heavy atom. The summed E-state index contributed by atoms with van der Waals surface area (Å²) >= 11 is 12.2. The molecule has 0 N–H and O–H groups in total. The average molecular weight is 639 g/mol. The van der Waals surface area contributed by atoms with Crippen molar-refractivity contribution < 1.29 is 19.0 Å². The molecule has 0 saturated heterocycles. The van der Waals surface area contributed by atoms with Crippen LogP contribution in [0, 0.1) is 10.5 Å². The molecular formula is C25H18BrClINO4. The zero-order valence-electron chi connectivity index (χ0n) is 17.7. The largest absolute Gasteiger partial charge is 0.493 e. The van der Waals surface area contributed by atoms with Gasteiger partial charge in [-0.2, -0.15) is 0 Å². The van der Waals surface area contributed by atoms with Gasteiger partial charge in [0.15, 0.2) is 17.2 Å². The number of cyclic esters (lactones) is 1. The molecule has 33 heavy (non-hydrogen) atoms. The van der Waals surface area contributed by atoms with Crippen LogP contribution in [0.5, 0.6) is 11.5 Å². The van der Waals surface area contributed by atoms with Crippen molar-refractivity contribution in [1.82, 2.24) is 0 Å². The molecule has 0 saturated carbocycles. The highest BCUT2D eigenvalue weighted by atomic mass is 127. The van der Waals surface area contributed by atoms with E-state index in [9.17, 15) is 4.79 Å². The number of hydrogen-bond donors (Lipinski definition) is 0. The number of hydrogen-bond acceptors (Lipinski definition) is 5. The number of halogens is 3. The van der Waals surface area contributed by atoms with Gasteiger partial charge in [-0.1, -0.05) is 51.8 Å². The first-order valence-corrected chi connectivity index (χ1v) is 12.1. The molecule has 0 radical (unpaired) electrons. The zero-order valence-corrected chi connectivity index (χ0v) is 22.2. The summed E-state index contributed by atoms with van der Waals surface area (Å²) in [4.78, 5) is 16.8. The van der Waals surface area contributed by atoms with Crippen molar-refractivity contribution >= 4 is 68.1 Å². The van der Waals surface area contributed by atoms with Gasteiger partial charge in [-0.3, -0.25) is 0 Å². The number of nitrogens with zero attached hydrogens (tertiary/aromatic N) is 1. The quantitative estimate of drug-likeness (QED) is 0.167. The van der Waals surface area contributed by atoms with Gasteiger partial charge < -0.3 is 14.2 Å². The molecule has 3 aromatic rings.